The summed E-state index contributed by atoms with van der Waals surface area (Å²) < 4.78 is 2.09. The molecule has 0 aliphatic carbocycles. The first-order chi connectivity index (χ1) is 15.1. The zero-order chi connectivity index (χ0) is 21.0. The van der Waals surface area contributed by atoms with Crippen molar-refractivity contribution in [2.24, 2.45) is 0 Å². The third-order valence-electron chi connectivity index (χ3n) is 6.87. The maximum atomic E-state index is 12.5. The molecular weight excluding hydrogens is 392 g/mol. The van der Waals surface area contributed by atoms with Gasteiger partial charge in [0.1, 0.15) is 0 Å². The van der Waals surface area contributed by atoms with Gasteiger partial charge in [-0.3, -0.25) is 14.5 Å². The largest absolute Gasteiger partial charge is 0.352 e. The molecule has 6 rings (SSSR count). The summed E-state index contributed by atoms with van der Waals surface area (Å²) in [6, 6.07) is 12.4. The first-order valence-electron chi connectivity index (χ1n) is 10.9. The Kier molecular flexibility index (Phi) is 4.03. The van der Waals surface area contributed by atoms with Gasteiger partial charge >= 0.3 is 6.03 Å². The maximum Gasteiger partial charge on any atom is 0.317 e. The van der Waals surface area contributed by atoms with Crippen LogP contribution in [0.15, 0.2) is 42.6 Å². The van der Waals surface area contributed by atoms with E-state index in [1.807, 2.05) is 29.3 Å². The van der Waals surface area contributed by atoms with Gasteiger partial charge in [0.25, 0.3) is 0 Å². The van der Waals surface area contributed by atoms with Crippen LogP contribution in [0.4, 0.5) is 4.79 Å². The van der Waals surface area contributed by atoms with Crippen molar-refractivity contribution in [3.05, 3.63) is 48.3 Å². The average molecular weight is 416 g/mol. The summed E-state index contributed by atoms with van der Waals surface area (Å²) in [5, 5.41) is 11.8. The van der Waals surface area contributed by atoms with E-state index in [-0.39, 0.29) is 23.4 Å². The van der Waals surface area contributed by atoms with E-state index in [1.54, 1.807) is 0 Å². The number of likely N-dealkylation sites (tertiary alicyclic amines) is 1. The number of nitrogens with one attached hydrogen (secondary N) is 2. The number of amides is 3. The molecule has 2 saturated heterocycles. The van der Waals surface area contributed by atoms with Crippen molar-refractivity contribution in [2.45, 2.75) is 37.3 Å². The summed E-state index contributed by atoms with van der Waals surface area (Å²) in [5.74, 6) is 0.0683. The van der Waals surface area contributed by atoms with Crippen LogP contribution in [-0.4, -0.2) is 57.3 Å². The summed E-state index contributed by atoms with van der Waals surface area (Å²) in [5.41, 5.74) is 4.14. The van der Waals surface area contributed by atoms with Gasteiger partial charge in [-0.05, 0) is 31.0 Å². The van der Waals surface area contributed by atoms with Gasteiger partial charge in [0.05, 0.1) is 11.2 Å². The number of carbonyl (C=O) groups is 2. The minimum Gasteiger partial charge on any atom is -0.352 e. The van der Waals surface area contributed by atoms with Gasteiger partial charge in [0.2, 0.25) is 5.91 Å². The van der Waals surface area contributed by atoms with Gasteiger partial charge in [-0.2, -0.15) is 5.10 Å². The van der Waals surface area contributed by atoms with E-state index in [2.05, 4.69) is 38.5 Å². The van der Waals surface area contributed by atoms with Crippen molar-refractivity contribution in [3.63, 3.8) is 0 Å². The molecule has 0 bridgehead atoms. The van der Waals surface area contributed by atoms with Crippen LogP contribution in [0.2, 0.25) is 0 Å². The van der Waals surface area contributed by atoms with Crippen molar-refractivity contribution >= 4 is 22.8 Å². The highest BCUT2D eigenvalue weighted by molar-refractivity contribution is 5.83. The summed E-state index contributed by atoms with van der Waals surface area (Å²) in [6.07, 6.45) is 4.23. The molecule has 2 fully saturated rings. The van der Waals surface area contributed by atoms with Gasteiger partial charge < -0.3 is 15.5 Å². The molecular formula is C23H24N6O2. The fraction of sp³-hybridized carbons (Fsp3) is 0.391. The lowest BCUT2D eigenvalue weighted by atomic mass is 9.76. The third kappa shape index (κ3) is 3.05. The van der Waals surface area contributed by atoms with Crippen molar-refractivity contribution in [1.82, 2.24) is 30.3 Å². The molecule has 2 N–H and O–H groups in total. The highest BCUT2D eigenvalue weighted by atomic mass is 16.2. The lowest BCUT2D eigenvalue weighted by molar-refractivity contribution is -0.119. The standard InChI is InChI=1S/C23H24N6O2/c30-21-6-5-17(26-21)12-25-22(31)28-13-23(14-28)7-8-29-20(23)10-19(27-29)16-9-15-3-1-2-4-18(15)24-11-16/h1-4,9-11,17H,5-8,12-14H2,(H,25,31)(H,26,30). The van der Waals surface area contributed by atoms with Crippen LogP contribution in [0.1, 0.15) is 25.0 Å². The topological polar surface area (TPSA) is 92.2 Å². The highest BCUT2D eigenvalue weighted by Crippen LogP contribution is 2.43. The quantitative estimate of drug-likeness (QED) is 0.684. The number of benzene rings is 1. The fourth-order valence-corrected chi connectivity index (χ4v) is 5.12. The van der Waals surface area contributed by atoms with Crippen molar-refractivity contribution in [2.75, 3.05) is 19.6 Å². The first kappa shape index (κ1) is 18.4. The van der Waals surface area contributed by atoms with Crippen LogP contribution in [0.3, 0.4) is 0 Å². The zero-order valence-electron chi connectivity index (χ0n) is 17.2. The third-order valence-corrected chi connectivity index (χ3v) is 6.87. The Labute approximate surface area is 179 Å². The Hall–Kier alpha value is -3.42. The number of hydrogen-bond acceptors (Lipinski definition) is 4. The summed E-state index contributed by atoms with van der Waals surface area (Å²) in [6.45, 7) is 2.78. The zero-order valence-corrected chi connectivity index (χ0v) is 17.2. The van der Waals surface area contributed by atoms with E-state index >= 15 is 0 Å². The molecule has 1 aromatic carbocycles. The van der Waals surface area contributed by atoms with Crippen LogP contribution >= 0.6 is 0 Å². The summed E-state index contributed by atoms with van der Waals surface area (Å²) in [7, 11) is 0. The lowest BCUT2D eigenvalue weighted by Crippen LogP contribution is -2.63. The molecule has 3 amide bonds. The fourth-order valence-electron chi connectivity index (χ4n) is 5.12. The molecule has 3 aliphatic rings. The van der Waals surface area contributed by atoms with Gasteiger partial charge in [-0.1, -0.05) is 18.2 Å². The molecule has 1 spiro atoms. The number of rotatable bonds is 3. The van der Waals surface area contributed by atoms with Crippen LogP contribution in [0, 0.1) is 0 Å². The van der Waals surface area contributed by atoms with Crippen LogP contribution in [-0.2, 0) is 16.8 Å². The lowest BCUT2D eigenvalue weighted by Gasteiger charge is -2.47. The minimum absolute atomic E-state index is 0.00551. The number of pyridine rings is 1. The van der Waals surface area contributed by atoms with Gasteiger partial charge in [0, 0.05) is 66.9 Å². The smallest absolute Gasteiger partial charge is 0.317 e. The Morgan fingerprint density at radius 3 is 2.97 bits per heavy atom. The molecule has 2 aromatic heterocycles. The van der Waals surface area contributed by atoms with Gasteiger partial charge in [0.15, 0.2) is 0 Å². The van der Waals surface area contributed by atoms with E-state index in [1.165, 1.54) is 5.69 Å². The molecule has 5 heterocycles. The number of aryl methyl sites for hydroxylation is 1. The second kappa shape index (κ2) is 6.80. The molecule has 1 unspecified atom stereocenters. The number of carbonyl (C=O) groups excluding carboxylic acids is 2. The van der Waals surface area contributed by atoms with Crippen LogP contribution in [0.5, 0.6) is 0 Å². The number of hydrogen-bond donors (Lipinski definition) is 2. The molecule has 158 valence electrons. The van der Waals surface area contributed by atoms with Crippen molar-refractivity contribution in [3.8, 4) is 11.3 Å². The Balaban J connectivity index is 1.15. The van der Waals surface area contributed by atoms with E-state index < -0.39 is 0 Å². The SMILES string of the molecule is O=C1CCC(CNC(=O)N2CC3(CCn4nc(-c5cnc6ccccc6c5)cc43)C2)N1. The predicted octanol–water partition coefficient (Wildman–Crippen LogP) is 2.04. The normalized spacial score (nSPS) is 21.2. The Morgan fingerprint density at radius 2 is 2.13 bits per heavy atom. The maximum absolute atomic E-state index is 12.5. The predicted molar refractivity (Wildman–Crippen MR) is 115 cm³/mol. The number of para-hydroxylation sites is 1. The summed E-state index contributed by atoms with van der Waals surface area (Å²) >= 11 is 0. The molecule has 0 saturated carbocycles. The molecule has 8 nitrogen and oxygen atoms in total. The van der Waals surface area contributed by atoms with E-state index in [0.717, 1.165) is 41.5 Å². The van der Waals surface area contributed by atoms with Gasteiger partial charge in [-0.25, -0.2) is 4.79 Å². The van der Waals surface area contributed by atoms with Crippen LogP contribution in [0.25, 0.3) is 22.2 Å². The molecule has 3 aromatic rings. The van der Waals surface area contributed by atoms with Crippen molar-refractivity contribution in [1.29, 1.82) is 0 Å². The minimum atomic E-state index is -0.0521. The second-order valence-corrected chi connectivity index (χ2v) is 8.93. The molecule has 3 aliphatic heterocycles. The monoisotopic (exact) mass is 416 g/mol. The van der Waals surface area contributed by atoms with Crippen molar-refractivity contribution < 1.29 is 9.59 Å². The average Bonchev–Trinajstić information content (AvgIpc) is 3.45. The second-order valence-electron chi connectivity index (χ2n) is 8.93. The summed E-state index contributed by atoms with van der Waals surface area (Å²) in [4.78, 5) is 30.3. The van der Waals surface area contributed by atoms with Crippen LogP contribution < -0.4 is 10.6 Å². The number of aromatic nitrogens is 3. The van der Waals surface area contributed by atoms with E-state index in [4.69, 9.17) is 5.10 Å². The Bertz CT molecular complexity index is 1200. The Morgan fingerprint density at radius 1 is 1.26 bits per heavy atom. The highest BCUT2D eigenvalue weighted by Gasteiger charge is 2.51. The number of nitrogens with zero attached hydrogens (tertiary/aromatic N) is 4. The molecule has 31 heavy (non-hydrogen) atoms. The molecule has 8 heteroatoms. The first-order valence-corrected chi connectivity index (χ1v) is 10.9. The number of urea groups is 1. The molecule has 1 atom stereocenters. The molecule has 0 radical (unpaired) electrons. The number of fused-ring (bicyclic) bond motifs is 3. The van der Waals surface area contributed by atoms with Gasteiger partial charge in [-0.15, -0.1) is 0 Å². The van der Waals surface area contributed by atoms with E-state index in [9.17, 15) is 9.59 Å². The van der Waals surface area contributed by atoms with E-state index in [0.29, 0.717) is 26.1 Å².